The molecule has 0 unspecified atom stereocenters. The first-order valence-electron chi connectivity index (χ1n) is 7.98. The van der Waals surface area contributed by atoms with E-state index in [1.165, 1.54) is 11.3 Å². The molecule has 2 N–H and O–H groups in total. The van der Waals surface area contributed by atoms with Crippen LogP contribution in [-0.4, -0.2) is 32.2 Å². The molecule has 8 heteroatoms. The Morgan fingerprint density at radius 2 is 2.08 bits per heavy atom. The predicted octanol–water partition coefficient (Wildman–Crippen LogP) is 2.36. The van der Waals surface area contributed by atoms with Crippen molar-refractivity contribution < 1.29 is 14.3 Å². The summed E-state index contributed by atoms with van der Waals surface area (Å²) in [5.74, 6) is 0.723. The Balaban J connectivity index is 1.34. The highest BCUT2D eigenvalue weighted by atomic mass is 32.1. The van der Waals surface area contributed by atoms with Gasteiger partial charge < -0.3 is 14.8 Å². The number of nitrogens with one attached hydrogen (secondary N) is 1. The van der Waals surface area contributed by atoms with Gasteiger partial charge in [-0.05, 0) is 18.4 Å². The van der Waals surface area contributed by atoms with Gasteiger partial charge in [-0.1, -0.05) is 30.3 Å². The molecule has 1 amide bonds. The largest absolute Gasteiger partial charge is 0.422 e. The van der Waals surface area contributed by atoms with E-state index in [0.29, 0.717) is 10.9 Å². The molecule has 7 nitrogen and oxygen atoms in total. The third kappa shape index (κ3) is 3.31. The van der Waals surface area contributed by atoms with Gasteiger partial charge in [0.2, 0.25) is 11.8 Å². The van der Waals surface area contributed by atoms with Crippen LogP contribution < -0.4 is 5.32 Å². The second kappa shape index (κ2) is 6.73. The molecule has 0 bridgehead atoms. The van der Waals surface area contributed by atoms with Crippen LogP contribution in [0.2, 0.25) is 0 Å². The summed E-state index contributed by atoms with van der Waals surface area (Å²) in [6.07, 6.45) is 3.22. The molecule has 1 aliphatic rings. The highest BCUT2D eigenvalue weighted by Crippen LogP contribution is 2.36. The fourth-order valence-electron chi connectivity index (χ4n) is 2.79. The Bertz CT molecular complexity index is 871. The molecule has 25 heavy (non-hydrogen) atoms. The molecule has 0 saturated heterocycles. The van der Waals surface area contributed by atoms with Gasteiger partial charge in [-0.25, -0.2) is 4.98 Å². The first kappa shape index (κ1) is 15.9. The van der Waals surface area contributed by atoms with Gasteiger partial charge in [0.25, 0.3) is 5.91 Å². The SMILES string of the molecule is O=C(N[C@H]1C[C@@H](c2nnc(CO)o2)C1)c1ncc(-c2ccccc2)s1. The van der Waals surface area contributed by atoms with Crippen molar-refractivity contribution in [3.63, 3.8) is 0 Å². The topological polar surface area (TPSA) is 101 Å². The highest BCUT2D eigenvalue weighted by Gasteiger charge is 2.35. The lowest BCUT2D eigenvalue weighted by Crippen LogP contribution is -2.43. The fourth-order valence-corrected chi connectivity index (χ4v) is 3.62. The van der Waals surface area contributed by atoms with E-state index in [-0.39, 0.29) is 30.4 Å². The second-order valence-corrected chi connectivity index (χ2v) is 6.96. The van der Waals surface area contributed by atoms with Gasteiger partial charge in [0, 0.05) is 18.2 Å². The highest BCUT2D eigenvalue weighted by molar-refractivity contribution is 7.16. The molecule has 1 aliphatic carbocycles. The summed E-state index contributed by atoms with van der Waals surface area (Å²) in [6.45, 7) is -0.256. The monoisotopic (exact) mass is 356 g/mol. The van der Waals surface area contributed by atoms with E-state index in [1.807, 2.05) is 30.3 Å². The van der Waals surface area contributed by atoms with Crippen molar-refractivity contribution in [3.8, 4) is 10.4 Å². The minimum Gasteiger partial charge on any atom is -0.422 e. The molecule has 2 aromatic heterocycles. The molecular formula is C17H16N4O3S. The average Bonchev–Trinajstić information content (AvgIpc) is 3.27. The standard InChI is InChI=1S/C17H16N4O3S/c22-9-14-20-21-16(24-14)11-6-12(7-11)19-15(23)17-18-8-13(25-17)10-4-2-1-3-5-10/h1-5,8,11-12,22H,6-7,9H2,(H,19,23)/t11-,12+. The molecule has 128 valence electrons. The van der Waals surface area contributed by atoms with E-state index in [0.717, 1.165) is 23.3 Å². The number of hydrogen-bond donors (Lipinski definition) is 2. The van der Waals surface area contributed by atoms with Crippen LogP contribution in [-0.2, 0) is 6.61 Å². The maximum atomic E-state index is 12.3. The summed E-state index contributed by atoms with van der Waals surface area (Å²) < 4.78 is 5.33. The summed E-state index contributed by atoms with van der Waals surface area (Å²) in [5, 5.41) is 20.1. The number of aliphatic hydroxyl groups excluding tert-OH is 1. The van der Waals surface area contributed by atoms with Crippen molar-refractivity contribution >= 4 is 17.2 Å². The smallest absolute Gasteiger partial charge is 0.280 e. The van der Waals surface area contributed by atoms with Crippen molar-refractivity contribution in [3.05, 3.63) is 53.3 Å². The van der Waals surface area contributed by atoms with Crippen molar-refractivity contribution in [2.75, 3.05) is 0 Å². The van der Waals surface area contributed by atoms with Crippen LogP contribution >= 0.6 is 11.3 Å². The summed E-state index contributed by atoms with van der Waals surface area (Å²) in [7, 11) is 0. The number of benzene rings is 1. The van der Waals surface area contributed by atoms with E-state index in [1.54, 1.807) is 6.20 Å². The summed E-state index contributed by atoms with van der Waals surface area (Å²) >= 11 is 1.38. The molecule has 0 spiro atoms. The van der Waals surface area contributed by atoms with Crippen molar-refractivity contribution in [1.82, 2.24) is 20.5 Å². The average molecular weight is 356 g/mol. The van der Waals surface area contributed by atoms with Crippen LogP contribution in [0.1, 0.15) is 40.3 Å². The van der Waals surface area contributed by atoms with Gasteiger partial charge in [0.05, 0.1) is 4.88 Å². The molecule has 0 atom stereocenters. The van der Waals surface area contributed by atoms with Gasteiger partial charge in [-0.2, -0.15) is 0 Å². The quantitative estimate of drug-likeness (QED) is 0.728. The third-order valence-electron chi connectivity index (χ3n) is 4.20. The summed E-state index contributed by atoms with van der Waals surface area (Å²) in [6, 6.07) is 9.95. The maximum absolute atomic E-state index is 12.3. The number of carbonyl (C=O) groups excluding carboxylic acids is 1. The number of amides is 1. The summed E-state index contributed by atoms with van der Waals surface area (Å²) in [4.78, 5) is 17.5. The Labute approximate surface area is 147 Å². The Morgan fingerprint density at radius 1 is 1.28 bits per heavy atom. The molecular weight excluding hydrogens is 340 g/mol. The number of hydrogen-bond acceptors (Lipinski definition) is 7. The van der Waals surface area contributed by atoms with Gasteiger partial charge in [0.15, 0.2) is 5.01 Å². The van der Waals surface area contributed by atoms with Crippen LogP contribution in [0.3, 0.4) is 0 Å². The maximum Gasteiger partial charge on any atom is 0.280 e. The zero-order valence-corrected chi connectivity index (χ0v) is 14.1. The molecule has 1 aromatic carbocycles. The van der Waals surface area contributed by atoms with Gasteiger partial charge in [-0.3, -0.25) is 4.79 Å². The van der Waals surface area contributed by atoms with E-state index in [9.17, 15) is 4.79 Å². The Kier molecular flexibility index (Phi) is 4.29. The summed E-state index contributed by atoms with van der Waals surface area (Å²) in [5.41, 5.74) is 1.05. The van der Waals surface area contributed by atoms with Crippen LogP contribution in [0, 0.1) is 0 Å². The Morgan fingerprint density at radius 3 is 2.80 bits per heavy atom. The molecule has 3 aromatic rings. The first-order valence-corrected chi connectivity index (χ1v) is 8.80. The second-order valence-electron chi connectivity index (χ2n) is 5.93. The minimum atomic E-state index is -0.256. The zero-order valence-electron chi connectivity index (χ0n) is 13.3. The van der Waals surface area contributed by atoms with Gasteiger partial charge >= 0.3 is 0 Å². The van der Waals surface area contributed by atoms with Gasteiger partial charge in [0.1, 0.15) is 6.61 Å². The van der Waals surface area contributed by atoms with Gasteiger partial charge in [-0.15, -0.1) is 21.5 Å². The lowest BCUT2D eigenvalue weighted by atomic mass is 9.80. The molecule has 0 aliphatic heterocycles. The first-order chi connectivity index (χ1) is 12.2. The molecule has 2 heterocycles. The predicted molar refractivity (Wildman–Crippen MR) is 91.0 cm³/mol. The number of carbonyl (C=O) groups is 1. The van der Waals surface area contributed by atoms with E-state index in [4.69, 9.17) is 9.52 Å². The van der Waals surface area contributed by atoms with Crippen LogP contribution in [0.15, 0.2) is 40.9 Å². The lowest BCUT2D eigenvalue weighted by molar-refractivity contribution is 0.0902. The Hall–Kier alpha value is -2.58. The van der Waals surface area contributed by atoms with Crippen molar-refractivity contribution in [2.24, 2.45) is 0 Å². The minimum absolute atomic E-state index is 0.0750. The molecule has 1 saturated carbocycles. The third-order valence-corrected chi connectivity index (χ3v) is 5.24. The normalized spacial score (nSPS) is 19.4. The molecule has 0 radical (unpaired) electrons. The number of nitrogens with zero attached hydrogens (tertiary/aromatic N) is 3. The van der Waals surface area contributed by atoms with Crippen LogP contribution in [0.4, 0.5) is 0 Å². The van der Waals surface area contributed by atoms with Crippen molar-refractivity contribution in [1.29, 1.82) is 0 Å². The van der Waals surface area contributed by atoms with Crippen LogP contribution in [0.25, 0.3) is 10.4 Å². The van der Waals surface area contributed by atoms with E-state index in [2.05, 4.69) is 20.5 Å². The molecule has 4 rings (SSSR count). The number of aromatic nitrogens is 3. The van der Waals surface area contributed by atoms with E-state index < -0.39 is 0 Å². The van der Waals surface area contributed by atoms with Crippen molar-refractivity contribution in [2.45, 2.75) is 31.4 Å². The fraction of sp³-hybridized carbons (Fsp3) is 0.294. The number of rotatable bonds is 5. The van der Waals surface area contributed by atoms with E-state index >= 15 is 0 Å². The number of aliphatic hydroxyl groups is 1. The lowest BCUT2D eigenvalue weighted by Gasteiger charge is -2.33. The van der Waals surface area contributed by atoms with Crippen LogP contribution in [0.5, 0.6) is 0 Å². The molecule has 1 fully saturated rings. The number of thiazole rings is 1. The zero-order chi connectivity index (χ0) is 17.2.